The SMILES string of the molecule is COc1ccc(NCc2ccc(O)c(O)c2)cc1OC. The second-order valence-corrected chi connectivity index (χ2v) is 4.25. The Balaban J connectivity index is 2.08. The lowest BCUT2D eigenvalue weighted by atomic mass is 10.2. The molecule has 0 fully saturated rings. The lowest BCUT2D eigenvalue weighted by Crippen LogP contribution is -2.00. The minimum absolute atomic E-state index is 0.125. The van der Waals surface area contributed by atoms with Crippen molar-refractivity contribution < 1.29 is 19.7 Å². The fraction of sp³-hybridized carbons (Fsp3) is 0.200. The van der Waals surface area contributed by atoms with E-state index < -0.39 is 0 Å². The predicted octanol–water partition coefficient (Wildman–Crippen LogP) is 2.73. The molecule has 0 aliphatic heterocycles. The van der Waals surface area contributed by atoms with Crippen molar-refractivity contribution in [3.8, 4) is 23.0 Å². The number of benzene rings is 2. The maximum Gasteiger partial charge on any atom is 0.162 e. The van der Waals surface area contributed by atoms with Gasteiger partial charge in [-0.15, -0.1) is 0 Å². The van der Waals surface area contributed by atoms with Crippen LogP contribution in [0, 0.1) is 0 Å². The highest BCUT2D eigenvalue weighted by atomic mass is 16.5. The van der Waals surface area contributed by atoms with E-state index in [9.17, 15) is 10.2 Å². The van der Waals surface area contributed by atoms with Gasteiger partial charge in [0.1, 0.15) is 0 Å². The Kier molecular flexibility index (Phi) is 4.20. The molecule has 20 heavy (non-hydrogen) atoms. The number of ether oxygens (including phenoxy) is 2. The van der Waals surface area contributed by atoms with Gasteiger partial charge in [-0.1, -0.05) is 6.07 Å². The van der Waals surface area contributed by atoms with Gasteiger partial charge in [0.2, 0.25) is 0 Å². The van der Waals surface area contributed by atoms with Gasteiger partial charge in [-0.3, -0.25) is 0 Å². The summed E-state index contributed by atoms with van der Waals surface area (Å²) in [6, 6.07) is 10.2. The zero-order chi connectivity index (χ0) is 14.5. The number of aromatic hydroxyl groups is 2. The fourth-order valence-electron chi connectivity index (χ4n) is 1.83. The van der Waals surface area contributed by atoms with Crippen molar-refractivity contribution in [1.29, 1.82) is 0 Å². The molecule has 0 saturated carbocycles. The van der Waals surface area contributed by atoms with Crippen LogP contribution in [0.25, 0.3) is 0 Å². The highest BCUT2D eigenvalue weighted by molar-refractivity contribution is 5.55. The molecule has 2 aromatic carbocycles. The van der Waals surface area contributed by atoms with E-state index in [0.717, 1.165) is 11.3 Å². The number of phenols is 2. The van der Waals surface area contributed by atoms with Crippen LogP contribution in [0.4, 0.5) is 5.69 Å². The van der Waals surface area contributed by atoms with Gasteiger partial charge in [0, 0.05) is 18.3 Å². The van der Waals surface area contributed by atoms with Gasteiger partial charge in [0.15, 0.2) is 23.0 Å². The summed E-state index contributed by atoms with van der Waals surface area (Å²) in [5.41, 5.74) is 1.73. The number of rotatable bonds is 5. The van der Waals surface area contributed by atoms with Crippen molar-refractivity contribution >= 4 is 5.69 Å². The van der Waals surface area contributed by atoms with E-state index in [-0.39, 0.29) is 11.5 Å². The van der Waals surface area contributed by atoms with Gasteiger partial charge in [0.25, 0.3) is 0 Å². The molecule has 0 heterocycles. The van der Waals surface area contributed by atoms with Crippen LogP contribution in [0.1, 0.15) is 5.56 Å². The summed E-state index contributed by atoms with van der Waals surface area (Å²) in [6.07, 6.45) is 0. The maximum absolute atomic E-state index is 9.43. The third kappa shape index (κ3) is 3.06. The van der Waals surface area contributed by atoms with Gasteiger partial charge >= 0.3 is 0 Å². The first kappa shape index (κ1) is 13.9. The maximum atomic E-state index is 9.43. The molecular formula is C15H17NO4. The molecule has 2 aromatic rings. The summed E-state index contributed by atoms with van der Waals surface area (Å²) in [5, 5.41) is 21.9. The standard InChI is InChI=1S/C15H17NO4/c1-19-14-6-4-11(8-15(14)20-2)16-9-10-3-5-12(17)13(18)7-10/h3-8,16-18H,9H2,1-2H3. The number of hydrogen-bond donors (Lipinski definition) is 3. The molecule has 0 aliphatic rings. The van der Waals surface area contributed by atoms with E-state index in [1.807, 2.05) is 18.2 Å². The van der Waals surface area contributed by atoms with Crippen LogP contribution in [-0.2, 0) is 6.54 Å². The third-order valence-corrected chi connectivity index (χ3v) is 2.92. The molecule has 5 heteroatoms. The van der Waals surface area contributed by atoms with E-state index in [0.29, 0.717) is 18.0 Å². The van der Waals surface area contributed by atoms with Gasteiger partial charge < -0.3 is 25.0 Å². The van der Waals surface area contributed by atoms with Gasteiger partial charge in [-0.25, -0.2) is 0 Å². The first-order valence-electron chi connectivity index (χ1n) is 6.11. The zero-order valence-corrected chi connectivity index (χ0v) is 11.4. The minimum Gasteiger partial charge on any atom is -0.504 e. The Hall–Kier alpha value is -2.56. The van der Waals surface area contributed by atoms with Crippen LogP contribution in [0.15, 0.2) is 36.4 Å². The van der Waals surface area contributed by atoms with Crippen LogP contribution in [0.2, 0.25) is 0 Å². The fourth-order valence-corrected chi connectivity index (χ4v) is 1.83. The lowest BCUT2D eigenvalue weighted by molar-refractivity contribution is 0.355. The normalized spacial score (nSPS) is 10.1. The molecular weight excluding hydrogens is 258 g/mol. The largest absolute Gasteiger partial charge is 0.504 e. The van der Waals surface area contributed by atoms with E-state index in [2.05, 4.69) is 5.32 Å². The Morgan fingerprint density at radius 2 is 1.65 bits per heavy atom. The molecule has 0 spiro atoms. The average Bonchev–Trinajstić information content (AvgIpc) is 2.48. The molecule has 0 radical (unpaired) electrons. The van der Waals surface area contributed by atoms with Crippen molar-refractivity contribution in [2.24, 2.45) is 0 Å². The van der Waals surface area contributed by atoms with Gasteiger partial charge in [-0.2, -0.15) is 0 Å². The van der Waals surface area contributed by atoms with Crippen LogP contribution in [0.5, 0.6) is 23.0 Å². The highest BCUT2D eigenvalue weighted by Crippen LogP contribution is 2.30. The number of nitrogens with one attached hydrogen (secondary N) is 1. The van der Waals surface area contributed by atoms with Crippen molar-refractivity contribution in [2.45, 2.75) is 6.54 Å². The molecule has 0 aliphatic carbocycles. The Morgan fingerprint density at radius 3 is 2.30 bits per heavy atom. The quantitative estimate of drug-likeness (QED) is 0.732. The average molecular weight is 275 g/mol. The first-order valence-corrected chi connectivity index (χ1v) is 6.11. The van der Waals surface area contributed by atoms with Crippen molar-refractivity contribution in [2.75, 3.05) is 19.5 Å². The Bertz CT molecular complexity index is 598. The second kappa shape index (κ2) is 6.06. The lowest BCUT2D eigenvalue weighted by Gasteiger charge is -2.11. The highest BCUT2D eigenvalue weighted by Gasteiger charge is 2.05. The molecule has 0 bridgehead atoms. The van der Waals surface area contributed by atoms with E-state index in [1.54, 1.807) is 20.3 Å². The molecule has 0 unspecified atom stereocenters. The minimum atomic E-state index is -0.128. The summed E-state index contributed by atoms with van der Waals surface area (Å²) in [4.78, 5) is 0. The molecule has 0 atom stereocenters. The molecule has 0 saturated heterocycles. The third-order valence-electron chi connectivity index (χ3n) is 2.92. The summed E-state index contributed by atoms with van der Waals surface area (Å²) < 4.78 is 10.4. The summed E-state index contributed by atoms with van der Waals surface area (Å²) in [6.45, 7) is 0.517. The van der Waals surface area contributed by atoms with Crippen LogP contribution < -0.4 is 14.8 Å². The first-order chi connectivity index (χ1) is 9.63. The smallest absolute Gasteiger partial charge is 0.162 e. The Morgan fingerprint density at radius 1 is 0.900 bits per heavy atom. The van der Waals surface area contributed by atoms with Gasteiger partial charge in [0.05, 0.1) is 14.2 Å². The second-order valence-electron chi connectivity index (χ2n) is 4.25. The number of hydrogen-bond acceptors (Lipinski definition) is 5. The summed E-state index contributed by atoms with van der Waals surface area (Å²) >= 11 is 0. The summed E-state index contributed by atoms with van der Waals surface area (Å²) in [5.74, 6) is 1.06. The van der Waals surface area contributed by atoms with E-state index in [1.165, 1.54) is 12.1 Å². The van der Waals surface area contributed by atoms with E-state index in [4.69, 9.17) is 9.47 Å². The topological polar surface area (TPSA) is 71.0 Å². The van der Waals surface area contributed by atoms with Crippen LogP contribution >= 0.6 is 0 Å². The predicted molar refractivity (Wildman–Crippen MR) is 76.6 cm³/mol. The number of methoxy groups -OCH3 is 2. The van der Waals surface area contributed by atoms with Crippen molar-refractivity contribution in [1.82, 2.24) is 0 Å². The van der Waals surface area contributed by atoms with Crippen LogP contribution in [-0.4, -0.2) is 24.4 Å². The molecule has 5 nitrogen and oxygen atoms in total. The molecule has 0 aromatic heterocycles. The summed E-state index contributed by atoms with van der Waals surface area (Å²) in [7, 11) is 3.17. The van der Waals surface area contributed by atoms with Crippen molar-refractivity contribution in [3.63, 3.8) is 0 Å². The Labute approximate surface area is 117 Å². The van der Waals surface area contributed by atoms with Gasteiger partial charge in [-0.05, 0) is 29.8 Å². The van der Waals surface area contributed by atoms with Crippen LogP contribution in [0.3, 0.4) is 0 Å². The molecule has 2 rings (SSSR count). The molecule has 0 amide bonds. The monoisotopic (exact) mass is 275 g/mol. The molecule has 3 N–H and O–H groups in total. The number of phenolic OH excluding ortho intramolecular Hbond substituents is 2. The zero-order valence-electron chi connectivity index (χ0n) is 11.4. The molecule has 106 valence electrons. The van der Waals surface area contributed by atoms with E-state index >= 15 is 0 Å². The number of anilines is 1. The van der Waals surface area contributed by atoms with Crippen molar-refractivity contribution in [3.05, 3.63) is 42.0 Å².